The molecule has 3 aliphatic rings. The number of nitrogens with one attached hydrogen (secondary N) is 2. The van der Waals surface area contributed by atoms with Crippen LogP contribution in [0.1, 0.15) is 67.2 Å². The van der Waals surface area contributed by atoms with E-state index in [9.17, 15) is 15.3 Å². The lowest BCUT2D eigenvalue weighted by atomic mass is 9.55. The van der Waals surface area contributed by atoms with Gasteiger partial charge in [0.25, 0.3) is 0 Å². The Morgan fingerprint density at radius 2 is 1.78 bits per heavy atom. The van der Waals surface area contributed by atoms with Crippen LogP contribution >= 0.6 is 23.8 Å². The smallest absolute Gasteiger partial charge is 0.191 e. The number of phenolic OH excluding ortho intramolecular Hbond substituents is 2. The molecule has 2 saturated carbocycles. The minimum atomic E-state index is -0.193. The van der Waals surface area contributed by atoms with Gasteiger partial charge in [-0.1, -0.05) is 24.6 Å². The second-order valence-electron chi connectivity index (χ2n) is 12.1. The van der Waals surface area contributed by atoms with E-state index >= 15 is 0 Å². The maximum atomic E-state index is 11.1. The fourth-order valence-corrected chi connectivity index (χ4v) is 7.91. The molecule has 0 aromatic heterocycles. The van der Waals surface area contributed by atoms with Gasteiger partial charge in [-0.3, -0.25) is 5.43 Å². The molecule has 6 rings (SSSR count). The van der Waals surface area contributed by atoms with Crippen LogP contribution in [0.3, 0.4) is 0 Å². The zero-order valence-electron chi connectivity index (χ0n) is 23.1. The molecule has 0 aliphatic heterocycles. The number of hydrogen-bond donors (Lipinski definition) is 5. The highest BCUT2D eigenvalue weighted by Crippen LogP contribution is 2.61. The summed E-state index contributed by atoms with van der Waals surface area (Å²) in [7, 11) is 0. The van der Waals surface area contributed by atoms with E-state index in [4.69, 9.17) is 23.8 Å². The van der Waals surface area contributed by atoms with Gasteiger partial charge in [-0.2, -0.15) is 5.10 Å². The van der Waals surface area contributed by atoms with Crippen LogP contribution in [-0.2, 0) is 12.8 Å². The Hall–Kier alpha value is -3.13. The van der Waals surface area contributed by atoms with Crippen molar-refractivity contribution in [2.75, 3.05) is 5.32 Å². The maximum Gasteiger partial charge on any atom is 0.191 e. The number of rotatable bonds is 5. The van der Waals surface area contributed by atoms with Crippen LogP contribution in [-0.4, -0.2) is 32.2 Å². The molecule has 41 heavy (non-hydrogen) atoms. The van der Waals surface area contributed by atoms with Gasteiger partial charge in [-0.15, -0.1) is 0 Å². The van der Waals surface area contributed by atoms with E-state index in [2.05, 4.69) is 28.8 Å². The summed E-state index contributed by atoms with van der Waals surface area (Å²) in [6, 6.07) is 18.2. The predicted molar refractivity (Wildman–Crippen MR) is 168 cm³/mol. The molecule has 5 N–H and O–H groups in total. The normalized spacial score (nSPS) is 27.0. The van der Waals surface area contributed by atoms with Crippen molar-refractivity contribution in [1.82, 2.24) is 5.43 Å². The highest BCUT2D eigenvalue weighted by atomic mass is 35.5. The summed E-state index contributed by atoms with van der Waals surface area (Å²) >= 11 is 11.5. The zero-order valence-corrected chi connectivity index (χ0v) is 24.7. The summed E-state index contributed by atoms with van der Waals surface area (Å²) in [5.41, 5.74) is 8.66. The maximum absolute atomic E-state index is 11.1. The number of benzene rings is 3. The van der Waals surface area contributed by atoms with Crippen molar-refractivity contribution in [3.8, 4) is 11.5 Å². The van der Waals surface area contributed by atoms with E-state index in [0.29, 0.717) is 40.0 Å². The van der Waals surface area contributed by atoms with Crippen molar-refractivity contribution in [2.45, 2.75) is 63.9 Å². The molecule has 3 aromatic rings. The number of fused-ring (bicyclic) bond motifs is 5. The lowest BCUT2D eigenvalue weighted by molar-refractivity contribution is -0.0226. The van der Waals surface area contributed by atoms with Gasteiger partial charge in [-0.05, 0) is 145 Å². The SMILES string of the molecule is C[C@]12CC[C@@H]3c4cc(C/C(=N\NC(=S)Nc5ccc(Cl)cc5)c5ccc(O)cc5)c(O)cc4CC[C@H]3[C@@H]1CC[C@@H]2O. The van der Waals surface area contributed by atoms with Crippen molar-refractivity contribution in [3.63, 3.8) is 0 Å². The summed E-state index contributed by atoms with van der Waals surface area (Å²) < 4.78 is 0. The number of phenols is 2. The van der Waals surface area contributed by atoms with Crippen LogP contribution in [0.2, 0.25) is 5.02 Å². The average molecular weight is 590 g/mol. The highest BCUT2D eigenvalue weighted by molar-refractivity contribution is 7.80. The Labute approximate surface area is 251 Å². The highest BCUT2D eigenvalue weighted by Gasteiger charge is 2.54. The Kier molecular flexibility index (Phi) is 7.70. The van der Waals surface area contributed by atoms with Crippen LogP contribution in [0.5, 0.6) is 11.5 Å². The first-order valence-electron chi connectivity index (χ1n) is 14.4. The van der Waals surface area contributed by atoms with E-state index in [1.807, 2.05) is 30.3 Å². The lowest BCUT2D eigenvalue weighted by Crippen LogP contribution is -2.43. The van der Waals surface area contributed by atoms with Crippen molar-refractivity contribution in [3.05, 3.63) is 87.9 Å². The number of hydrogen-bond acceptors (Lipinski definition) is 5. The number of aliphatic hydroxyl groups is 1. The van der Waals surface area contributed by atoms with E-state index < -0.39 is 0 Å². The number of nitrogens with zero attached hydrogens (tertiary/aromatic N) is 1. The van der Waals surface area contributed by atoms with Crippen molar-refractivity contribution < 1.29 is 15.3 Å². The van der Waals surface area contributed by atoms with Crippen LogP contribution in [0.25, 0.3) is 0 Å². The molecule has 3 aliphatic carbocycles. The average Bonchev–Trinajstić information content (AvgIpc) is 3.27. The molecule has 8 heteroatoms. The van der Waals surface area contributed by atoms with Crippen molar-refractivity contribution >= 4 is 40.3 Å². The van der Waals surface area contributed by atoms with Crippen molar-refractivity contribution in [1.29, 1.82) is 0 Å². The zero-order chi connectivity index (χ0) is 28.7. The third-order valence-corrected chi connectivity index (χ3v) is 10.3. The summed E-state index contributed by atoms with van der Waals surface area (Å²) in [5, 5.41) is 40.5. The van der Waals surface area contributed by atoms with Crippen LogP contribution < -0.4 is 10.7 Å². The molecule has 0 heterocycles. The first-order valence-corrected chi connectivity index (χ1v) is 15.2. The Balaban J connectivity index is 1.27. The van der Waals surface area contributed by atoms with E-state index in [1.54, 1.807) is 24.3 Å². The molecule has 0 radical (unpaired) electrons. The number of thiocarbonyl (C=S) groups is 1. The fraction of sp³-hybridized carbons (Fsp3) is 0.394. The molecule has 5 atom stereocenters. The molecule has 214 valence electrons. The molecule has 0 amide bonds. The molecule has 2 fully saturated rings. The largest absolute Gasteiger partial charge is 0.508 e. The standard InChI is InChI=1S/C33H36ClN3O3S/c1-33-15-14-25-26(28(33)12-13-31(33)40)11-4-20-18-30(39)21(16-27(20)25)17-29(19-2-9-24(38)10-3-19)36-37-32(41)35-23-7-5-22(34)6-8-23/h2-3,5-10,16,18,25-26,28,31,38-40H,4,11-15,17H2,1H3,(H2,35,37,41)/b36-29+/t25-,26+,28-,31-,33-/m0/s1. The van der Waals surface area contributed by atoms with E-state index in [0.717, 1.165) is 55.3 Å². The summed E-state index contributed by atoms with van der Waals surface area (Å²) in [6.07, 6.45) is 6.39. The van der Waals surface area contributed by atoms with Gasteiger partial charge in [0.2, 0.25) is 0 Å². The van der Waals surface area contributed by atoms with Gasteiger partial charge >= 0.3 is 0 Å². The summed E-state index contributed by atoms with van der Waals surface area (Å²) in [6.45, 7) is 2.29. The Morgan fingerprint density at radius 3 is 2.54 bits per heavy atom. The van der Waals surface area contributed by atoms with Gasteiger partial charge in [0.1, 0.15) is 11.5 Å². The van der Waals surface area contributed by atoms with Crippen LogP contribution in [0.4, 0.5) is 5.69 Å². The molecule has 0 saturated heterocycles. The number of hydrazone groups is 1. The molecule has 3 aromatic carbocycles. The first-order chi connectivity index (χ1) is 19.7. The van der Waals surface area contributed by atoms with Crippen LogP contribution in [0.15, 0.2) is 65.8 Å². The summed E-state index contributed by atoms with van der Waals surface area (Å²) in [4.78, 5) is 0. The van der Waals surface area contributed by atoms with Gasteiger partial charge in [0.15, 0.2) is 5.11 Å². The number of aliphatic hydroxyl groups excluding tert-OH is 1. The van der Waals surface area contributed by atoms with Gasteiger partial charge < -0.3 is 20.6 Å². The molecule has 0 bridgehead atoms. The number of anilines is 1. The molecule has 0 spiro atoms. The summed E-state index contributed by atoms with van der Waals surface area (Å²) in [5.74, 6) is 2.01. The molecule has 6 nitrogen and oxygen atoms in total. The first kappa shape index (κ1) is 28.0. The van der Waals surface area contributed by atoms with Crippen LogP contribution in [0, 0.1) is 17.3 Å². The second-order valence-corrected chi connectivity index (χ2v) is 12.9. The monoisotopic (exact) mass is 589 g/mol. The van der Waals surface area contributed by atoms with E-state index in [-0.39, 0.29) is 23.0 Å². The molecule has 0 unspecified atom stereocenters. The van der Waals surface area contributed by atoms with E-state index in [1.165, 1.54) is 11.1 Å². The Morgan fingerprint density at radius 1 is 1.02 bits per heavy atom. The molecular formula is C33H36ClN3O3S. The van der Waals surface area contributed by atoms with Gasteiger partial charge in [0, 0.05) is 22.7 Å². The third kappa shape index (κ3) is 5.55. The van der Waals surface area contributed by atoms with Gasteiger partial charge in [0.05, 0.1) is 11.8 Å². The minimum absolute atomic E-state index is 0.0290. The fourth-order valence-electron chi connectivity index (χ4n) is 7.62. The predicted octanol–water partition coefficient (Wildman–Crippen LogP) is 6.90. The van der Waals surface area contributed by atoms with Crippen molar-refractivity contribution in [2.24, 2.45) is 22.4 Å². The number of halogens is 1. The lowest BCUT2D eigenvalue weighted by Gasteiger charge is -2.50. The van der Waals surface area contributed by atoms with Gasteiger partial charge in [-0.25, -0.2) is 0 Å². The minimum Gasteiger partial charge on any atom is -0.508 e. The third-order valence-electron chi connectivity index (χ3n) is 9.83. The second kappa shape index (κ2) is 11.3. The quantitative estimate of drug-likeness (QED) is 0.126. The number of aryl methyl sites for hydroxylation is 1. The number of aromatic hydroxyl groups is 2. The topological polar surface area (TPSA) is 97.1 Å². The molecular weight excluding hydrogens is 554 g/mol. The Bertz CT molecular complexity index is 1480.